The maximum absolute atomic E-state index is 12.4. The fourth-order valence-electron chi connectivity index (χ4n) is 2.42. The molecular weight excluding hydrogens is 356 g/mol. The lowest BCUT2D eigenvalue weighted by atomic mass is 10.1. The normalized spacial score (nSPS) is 15.7. The summed E-state index contributed by atoms with van der Waals surface area (Å²) in [6.45, 7) is 5.01. The molecule has 1 aliphatic rings. The average molecular weight is 373 g/mol. The van der Waals surface area contributed by atoms with Crippen LogP contribution in [0.2, 0.25) is 4.34 Å². The molecular formula is C15H17ClN2O3S2. The van der Waals surface area contributed by atoms with Crippen molar-refractivity contribution >= 4 is 44.3 Å². The summed E-state index contributed by atoms with van der Waals surface area (Å²) >= 11 is 6.86. The van der Waals surface area contributed by atoms with Crippen molar-refractivity contribution in [3.8, 4) is 0 Å². The van der Waals surface area contributed by atoms with Gasteiger partial charge < -0.3 is 9.64 Å². The summed E-state index contributed by atoms with van der Waals surface area (Å²) < 4.78 is 33.4. The first-order valence-electron chi connectivity index (χ1n) is 7.17. The van der Waals surface area contributed by atoms with Gasteiger partial charge in [0.25, 0.3) is 10.0 Å². The average Bonchev–Trinajstić information content (AvgIpc) is 2.97. The van der Waals surface area contributed by atoms with Crippen molar-refractivity contribution in [2.75, 3.05) is 35.9 Å². The van der Waals surface area contributed by atoms with Crippen molar-refractivity contribution in [1.82, 2.24) is 0 Å². The summed E-state index contributed by atoms with van der Waals surface area (Å²) in [4.78, 5) is 2.23. The van der Waals surface area contributed by atoms with Crippen LogP contribution in [0.3, 0.4) is 0 Å². The van der Waals surface area contributed by atoms with Crippen LogP contribution in [0.4, 0.5) is 11.4 Å². The summed E-state index contributed by atoms with van der Waals surface area (Å²) in [5.74, 6) is 0. The number of ether oxygens (including phenoxy) is 1. The van der Waals surface area contributed by atoms with Crippen LogP contribution in [-0.2, 0) is 14.8 Å². The van der Waals surface area contributed by atoms with Gasteiger partial charge in [0.05, 0.1) is 23.2 Å². The van der Waals surface area contributed by atoms with E-state index in [0.717, 1.165) is 35.7 Å². The number of nitrogens with zero attached hydrogens (tertiary/aromatic N) is 1. The van der Waals surface area contributed by atoms with E-state index >= 15 is 0 Å². The highest BCUT2D eigenvalue weighted by Crippen LogP contribution is 2.29. The summed E-state index contributed by atoms with van der Waals surface area (Å²) in [6.07, 6.45) is 0. The van der Waals surface area contributed by atoms with Gasteiger partial charge >= 0.3 is 0 Å². The van der Waals surface area contributed by atoms with Crippen molar-refractivity contribution < 1.29 is 13.2 Å². The number of benzene rings is 1. The van der Waals surface area contributed by atoms with Crippen molar-refractivity contribution in [3.05, 3.63) is 40.2 Å². The lowest BCUT2D eigenvalue weighted by Gasteiger charge is -2.29. The van der Waals surface area contributed by atoms with Crippen molar-refractivity contribution in [2.45, 2.75) is 11.1 Å². The predicted octanol–water partition coefficient (Wildman–Crippen LogP) is 3.35. The minimum atomic E-state index is -3.60. The van der Waals surface area contributed by atoms with Crippen LogP contribution >= 0.6 is 22.9 Å². The van der Waals surface area contributed by atoms with Gasteiger partial charge in [-0.2, -0.15) is 0 Å². The van der Waals surface area contributed by atoms with Gasteiger partial charge in [-0.25, -0.2) is 8.42 Å². The van der Waals surface area contributed by atoms with E-state index in [1.54, 1.807) is 12.1 Å². The molecule has 0 bridgehead atoms. The molecule has 1 saturated heterocycles. The molecule has 23 heavy (non-hydrogen) atoms. The third kappa shape index (κ3) is 3.80. The molecule has 0 saturated carbocycles. The second-order valence-corrected chi connectivity index (χ2v) is 8.89. The Morgan fingerprint density at radius 2 is 1.96 bits per heavy atom. The first-order valence-corrected chi connectivity index (χ1v) is 9.85. The Bertz CT molecular complexity index is 799. The van der Waals surface area contributed by atoms with Crippen LogP contribution in [-0.4, -0.2) is 34.7 Å². The van der Waals surface area contributed by atoms with E-state index in [2.05, 4.69) is 9.62 Å². The molecule has 3 rings (SSSR count). The fourth-order valence-corrected chi connectivity index (χ4v) is 5.03. The molecule has 0 atom stereocenters. The van der Waals surface area contributed by atoms with E-state index < -0.39 is 10.0 Å². The van der Waals surface area contributed by atoms with Crippen LogP contribution in [0, 0.1) is 6.92 Å². The molecule has 0 aliphatic carbocycles. The van der Waals surface area contributed by atoms with Gasteiger partial charge in [-0.05, 0) is 42.8 Å². The standard InChI is InChI=1S/C15H17ClN2O3S2/c1-11-10-12(18-6-8-21-9-7-18)2-3-13(11)17-23(19,20)15-5-4-14(16)22-15/h2-5,10,17H,6-9H2,1H3. The van der Waals surface area contributed by atoms with Crippen molar-refractivity contribution in [3.63, 3.8) is 0 Å². The Morgan fingerprint density at radius 3 is 2.57 bits per heavy atom. The van der Waals surface area contributed by atoms with Gasteiger partial charge in [0.1, 0.15) is 4.21 Å². The summed E-state index contributed by atoms with van der Waals surface area (Å²) in [6, 6.07) is 8.80. The number of anilines is 2. The Balaban J connectivity index is 1.81. The van der Waals surface area contributed by atoms with Crippen LogP contribution < -0.4 is 9.62 Å². The van der Waals surface area contributed by atoms with E-state index in [1.165, 1.54) is 6.07 Å². The van der Waals surface area contributed by atoms with E-state index in [4.69, 9.17) is 16.3 Å². The monoisotopic (exact) mass is 372 g/mol. The number of hydrogen-bond donors (Lipinski definition) is 1. The molecule has 1 aromatic carbocycles. The second kappa shape index (κ2) is 6.68. The first kappa shape index (κ1) is 16.6. The predicted molar refractivity (Wildman–Crippen MR) is 94.3 cm³/mol. The number of sulfonamides is 1. The smallest absolute Gasteiger partial charge is 0.271 e. The zero-order valence-corrected chi connectivity index (χ0v) is 15.0. The second-order valence-electron chi connectivity index (χ2n) is 5.26. The lowest BCUT2D eigenvalue weighted by molar-refractivity contribution is 0.122. The van der Waals surface area contributed by atoms with Crippen LogP contribution in [0.25, 0.3) is 0 Å². The van der Waals surface area contributed by atoms with Crippen LogP contribution in [0.5, 0.6) is 0 Å². The van der Waals surface area contributed by atoms with Crippen molar-refractivity contribution in [1.29, 1.82) is 0 Å². The van der Waals surface area contributed by atoms with Gasteiger partial charge in [-0.3, -0.25) is 4.72 Å². The molecule has 124 valence electrons. The zero-order valence-electron chi connectivity index (χ0n) is 12.6. The van der Waals surface area contributed by atoms with Crippen LogP contribution in [0.1, 0.15) is 5.56 Å². The molecule has 1 aromatic heterocycles. The topological polar surface area (TPSA) is 58.6 Å². The number of aryl methyl sites for hydroxylation is 1. The van der Waals surface area contributed by atoms with Crippen molar-refractivity contribution in [2.24, 2.45) is 0 Å². The molecule has 0 spiro atoms. The Kier molecular flexibility index (Phi) is 4.82. The number of halogens is 1. The zero-order chi connectivity index (χ0) is 16.4. The molecule has 1 N–H and O–H groups in total. The quantitative estimate of drug-likeness (QED) is 0.894. The van der Waals surface area contributed by atoms with Gasteiger partial charge in [-0.1, -0.05) is 11.6 Å². The summed E-state index contributed by atoms with van der Waals surface area (Å²) in [5.41, 5.74) is 2.53. The van der Waals surface area contributed by atoms with Gasteiger partial charge in [0.2, 0.25) is 0 Å². The lowest BCUT2D eigenvalue weighted by Crippen LogP contribution is -2.36. The molecule has 0 amide bonds. The van der Waals surface area contributed by atoms with Gasteiger partial charge in [0, 0.05) is 18.8 Å². The maximum Gasteiger partial charge on any atom is 0.271 e. The molecule has 0 unspecified atom stereocenters. The first-order chi connectivity index (χ1) is 11.0. The van der Waals surface area contributed by atoms with E-state index in [9.17, 15) is 8.42 Å². The molecule has 2 aromatic rings. The largest absolute Gasteiger partial charge is 0.378 e. The highest BCUT2D eigenvalue weighted by Gasteiger charge is 2.18. The SMILES string of the molecule is Cc1cc(N2CCOCC2)ccc1NS(=O)(=O)c1ccc(Cl)s1. The number of hydrogen-bond acceptors (Lipinski definition) is 5. The van der Waals surface area contributed by atoms with E-state index in [-0.39, 0.29) is 4.21 Å². The number of nitrogens with one attached hydrogen (secondary N) is 1. The number of thiophene rings is 1. The number of rotatable bonds is 4. The minimum Gasteiger partial charge on any atom is -0.378 e. The third-order valence-corrected chi connectivity index (χ3v) is 6.73. The summed E-state index contributed by atoms with van der Waals surface area (Å²) in [7, 11) is -3.60. The molecule has 0 radical (unpaired) electrons. The number of morpholine rings is 1. The van der Waals surface area contributed by atoms with Crippen LogP contribution in [0.15, 0.2) is 34.5 Å². The molecule has 2 heterocycles. The Labute approximate surface area is 144 Å². The molecule has 1 fully saturated rings. The Morgan fingerprint density at radius 1 is 1.22 bits per heavy atom. The molecule has 1 aliphatic heterocycles. The Hall–Kier alpha value is -1.28. The molecule has 5 nitrogen and oxygen atoms in total. The van der Waals surface area contributed by atoms with Gasteiger partial charge in [-0.15, -0.1) is 11.3 Å². The van der Waals surface area contributed by atoms with Gasteiger partial charge in [0.15, 0.2) is 0 Å². The minimum absolute atomic E-state index is 0.208. The highest BCUT2D eigenvalue weighted by molar-refractivity contribution is 7.94. The maximum atomic E-state index is 12.4. The fraction of sp³-hybridized carbons (Fsp3) is 0.333. The van der Waals surface area contributed by atoms with E-state index in [0.29, 0.717) is 23.2 Å². The molecule has 8 heteroatoms. The highest BCUT2D eigenvalue weighted by atomic mass is 35.5. The van der Waals surface area contributed by atoms with E-state index in [1.807, 2.05) is 19.1 Å². The third-order valence-electron chi connectivity index (χ3n) is 3.64. The summed E-state index contributed by atoms with van der Waals surface area (Å²) in [5, 5.41) is 0.